The van der Waals surface area contributed by atoms with Crippen LogP contribution in [0.2, 0.25) is 0 Å². The van der Waals surface area contributed by atoms with Gasteiger partial charge in [-0.15, -0.1) is 12.4 Å². The molecule has 0 spiro atoms. The van der Waals surface area contributed by atoms with Gasteiger partial charge >= 0.3 is 0 Å². The van der Waals surface area contributed by atoms with Crippen molar-refractivity contribution in [2.75, 3.05) is 46.4 Å². The van der Waals surface area contributed by atoms with Gasteiger partial charge in [-0.1, -0.05) is 0 Å². The normalized spacial score (nSPS) is 19.9. The Morgan fingerprint density at radius 2 is 1.96 bits per heavy atom. The number of nitrogens with one attached hydrogen (secondary N) is 2. The number of sulfonamides is 1. The second-order valence-corrected chi connectivity index (χ2v) is 9.41. The highest BCUT2D eigenvalue weighted by Crippen LogP contribution is 2.29. The Hall–Kier alpha value is -1.13. The quantitative estimate of drug-likeness (QED) is 0.673. The zero-order valence-corrected chi connectivity index (χ0v) is 18.1. The number of amides is 1. The summed E-state index contributed by atoms with van der Waals surface area (Å²) < 4.78 is 37.8. The van der Waals surface area contributed by atoms with E-state index in [0.717, 1.165) is 38.8 Å². The number of hydrogen-bond donors (Lipinski definition) is 2. The summed E-state index contributed by atoms with van der Waals surface area (Å²) in [6.45, 7) is 5.42. The van der Waals surface area contributed by atoms with Crippen molar-refractivity contribution in [1.82, 2.24) is 14.9 Å². The highest BCUT2D eigenvalue weighted by atomic mass is 35.5. The SMILES string of the molecule is COCC1(CNC(=O)c2cc(S(=O)(=O)N3CCCC3)c(C)o2)CCNCC1.Cl. The summed E-state index contributed by atoms with van der Waals surface area (Å²) in [5, 5.41) is 6.22. The number of furan rings is 1. The molecule has 160 valence electrons. The van der Waals surface area contributed by atoms with Crippen LogP contribution >= 0.6 is 12.4 Å². The highest BCUT2D eigenvalue weighted by Gasteiger charge is 2.34. The van der Waals surface area contributed by atoms with Gasteiger partial charge in [0.1, 0.15) is 10.7 Å². The Balaban J connectivity index is 0.00000280. The fourth-order valence-corrected chi connectivity index (χ4v) is 5.57. The van der Waals surface area contributed by atoms with Crippen molar-refractivity contribution >= 4 is 28.3 Å². The molecule has 0 radical (unpaired) electrons. The van der Waals surface area contributed by atoms with E-state index in [1.165, 1.54) is 10.4 Å². The molecule has 1 aromatic rings. The van der Waals surface area contributed by atoms with Gasteiger partial charge in [0, 0.05) is 38.2 Å². The highest BCUT2D eigenvalue weighted by molar-refractivity contribution is 7.89. The summed E-state index contributed by atoms with van der Waals surface area (Å²) in [6, 6.07) is 1.35. The van der Waals surface area contributed by atoms with Crippen molar-refractivity contribution < 1.29 is 22.4 Å². The van der Waals surface area contributed by atoms with Crippen molar-refractivity contribution in [1.29, 1.82) is 0 Å². The molecule has 0 aliphatic carbocycles. The van der Waals surface area contributed by atoms with Crippen molar-refractivity contribution in [3.63, 3.8) is 0 Å². The first-order valence-electron chi connectivity index (χ1n) is 9.46. The van der Waals surface area contributed by atoms with E-state index >= 15 is 0 Å². The molecule has 8 nitrogen and oxygen atoms in total. The van der Waals surface area contributed by atoms with Crippen LogP contribution in [0.3, 0.4) is 0 Å². The predicted octanol–water partition coefficient (Wildman–Crippen LogP) is 1.54. The summed E-state index contributed by atoms with van der Waals surface area (Å²) in [4.78, 5) is 12.7. The van der Waals surface area contributed by atoms with Gasteiger partial charge in [0.15, 0.2) is 5.76 Å². The fourth-order valence-electron chi connectivity index (χ4n) is 3.89. The minimum absolute atomic E-state index is 0. The second-order valence-electron chi connectivity index (χ2n) is 7.51. The zero-order chi connectivity index (χ0) is 19.5. The van der Waals surface area contributed by atoms with Crippen molar-refractivity contribution in [2.45, 2.75) is 37.5 Å². The largest absolute Gasteiger partial charge is 0.455 e. The van der Waals surface area contributed by atoms with E-state index in [-0.39, 0.29) is 34.2 Å². The maximum Gasteiger partial charge on any atom is 0.287 e. The van der Waals surface area contributed by atoms with Crippen LogP contribution in [0.15, 0.2) is 15.4 Å². The van der Waals surface area contributed by atoms with Gasteiger partial charge in [0.2, 0.25) is 10.0 Å². The van der Waals surface area contributed by atoms with Crippen LogP contribution < -0.4 is 10.6 Å². The number of aryl methyl sites for hydroxylation is 1. The number of rotatable bonds is 7. The van der Waals surface area contributed by atoms with E-state index in [9.17, 15) is 13.2 Å². The molecule has 2 fully saturated rings. The third kappa shape index (κ3) is 4.88. The van der Waals surface area contributed by atoms with Crippen LogP contribution in [-0.4, -0.2) is 65.1 Å². The number of carbonyl (C=O) groups is 1. The topological polar surface area (TPSA) is 101 Å². The van der Waals surface area contributed by atoms with Gasteiger partial charge in [-0.05, 0) is 45.7 Å². The molecule has 2 N–H and O–H groups in total. The summed E-state index contributed by atoms with van der Waals surface area (Å²) in [6.07, 6.45) is 3.54. The van der Waals surface area contributed by atoms with E-state index in [1.54, 1.807) is 14.0 Å². The smallest absolute Gasteiger partial charge is 0.287 e. The zero-order valence-electron chi connectivity index (χ0n) is 16.5. The molecule has 0 atom stereocenters. The molecule has 1 aromatic heterocycles. The third-order valence-electron chi connectivity index (χ3n) is 5.52. The van der Waals surface area contributed by atoms with E-state index in [4.69, 9.17) is 9.15 Å². The number of ether oxygens (including phenoxy) is 1. The Morgan fingerprint density at radius 3 is 2.57 bits per heavy atom. The number of piperidine rings is 1. The van der Waals surface area contributed by atoms with Gasteiger partial charge in [0.25, 0.3) is 5.91 Å². The van der Waals surface area contributed by atoms with Crippen molar-refractivity contribution in [2.24, 2.45) is 5.41 Å². The molecule has 28 heavy (non-hydrogen) atoms. The maximum atomic E-state index is 12.7. The molecule has 0 bridgehead atoms. The Kier molecular flexibility index (Phi) is 7.92. The number of methoxy groups -OCH3 is 1. The monoisotopic (exact) mass is 435 g/mol. The van der Waals surface area contributed by atoms with Crippen LogP contribution in [0.1, 0.15) is 42.0 Å². The molecule has 0 unspecified atom stereocenters. The third-order valence-corrected chi connectivity index (χ3v) is 7.52. The first-order valence-corrected chi connectivity index (χ1v) is 10.9. The van der Waals surface area contributed by atoms with Crippen LogP contribution in [0.4, 0.5) is 0 Å². The van der Waals surface area contributed by atoms with E-state index < -0.39 is 15.9 Å². The lowest BCUT2D eigenvalue weighted by molar-refractivity contribution is 0.0506. The van der Waals surface area contributed by atoms with Gasteiger partial charge in [-0.25, -0.2) is 8.42 Å². The van der Waals surface area contributed by atoms with Gasteiger partial charge in [-0.3, -0.25) is 4.79 Å². The molecular formula is C18H30ClN3O5S. The van der Waals surface area contributed by atoms with Crippen LogP contribution in [-0.2, 0) is 14.8 Å². The lowest BCUT2D eigenvalue weighted by atomic mass is 9.79. The first-order chi connectivity index (χ1) is 12.9. The summed E-state index contributed by atoms with van der Waals surface area (Å²) in [5.41, 5.74) is -0.109. The number of hydrogen-bond acceptors (Lipinski definition) is 6. The number of halogens is 1. The number of carbonyl (C=O) groups excluding carboxylic acids is 1. The minimum Gasteiger partial charge on any atom is -0.455 e. The molecule has 3 heterocycles. The predicted molar refractivity (Wildman–Crippen MR) is 107 cm³/mol. The van der Waals surface area contributed by atoms with E-state index in [1.807, 2.05) is 0 Å². The van der Waals surface area contributed by atoms with Crippen molar-refractivity contribution in [3.8, 4) is 0 Å². The molecule has 2 saturated heterocycles. The molecule has 0 saturated carbocycles. The van der Waals surface area contributed by atoms with E-state index in [2.05, 4.69) is 10.6 Å². The minimum atomic E-state index is -3.61. The van der Waals surface area contributed by atoms with Gasteiger partial charge < -0.3 is 19.8 Å². The summed E-state index contributed by atoms with van der Waals surface area (Å²) in [7, 11) is -1.94. The van der Waals surface area contributed by atoms with Crippen LogP contribution in [0.25, 0.3) is 0 Å². The molecule has 1 amide bonds. The Labute approximate surface area is 172 Å². The standard InChI is InChI=1S/C18H29N3O5S.ClH/c1-14-16(27(23,24)21-9-3-4-10-21)11-15(26-14)17(22)20-12-18(13-25-2)5-7-19-8-6-18;/h11,19H,3-10,12-13H2,1-2H3,(H,20,22);1H. The lowest BCUT2D eigenvalue weighted by Crippen LogP contribution is -2.47. The molecule has 0 aromatic carbocycles. The van der Waals surface area contributed by atoms with Crippen LogP contribution in [0, 0.1) is 12.3 Å². The van der Waals surface area contributed by atoms with Crippen LogP contribution in [0.5, 0.6) is 0 Å². The first kappa shape index (κ1) is 23.2. The van der Waals surface area contributed by atoms with E-state index in [0.29, 0.717) is 26.2 Å². The molecule has 2 aliphatic heterocycles. The molecular weight excluding hydrogens is 406 g/mol. The Bertz CT molecular complexity index is 763. The summed E-state index contributed by atoms with van der Waals surface area (Å²) >= 11 is 0. The summed E-state index contributed by atoms with van der Waals surface area (Å²) in [5.74, 6) is -0.109. The molecule has 10 heteroatoms. The molecule has 2 aliphatic rings. The average molecular weight is 436 g/mol. The van der Waals surface area contributed by atoms with Gasteiger partial charge in [0.05, 0.1) is 6.61 Å². The second kappa shape index (κ2) is 9.58. The fraction of sp³-hybridized carbons (Fsp3) is 0.722. The lowest BCUT2D eigenvalue weighted by Gasteiger charge is -2.37. The maximum absolute atomic E-state index is 12.7. The Morgan fingerprint density at radius 1 is 1.32 bits per heavy atom. The average Bonchev–Trinajstić information content (AvgIpc) is 3.31. The van der Waals surface area contributed by atoms with Gasteiger partial charge in [-0.2, -0.15) is 4.31 Å². The molecule has 3 rings (SSSR count). The van der Waals surface area contributed by atoms with Crippen molar-refractivity contribution in [3.05, 3.63) is 17.6 Å². The number of nitrogens with zero attached hydrogens (tertiary/aromatic N) is 1.